The zero-order chi connectivity index (χ0) is 16.6. The van der Waals surface area contributed by atoms with E-state index in [1.54, 1.807) is 6.07 Å². The average Bonchev–Trinajstić information content (AvgIpc) is 2.54. The summed E-state index contributed by atoms with van der Waals surface area (Å²) in [5, 5.41) is 9.61. The number of carboxylic acids is 1. The Morgan fingerprint density at radius 3 is 2.61 bits per heavy atom. The second-order valence-corrected chi connectivity index (χ2v) is 7.87. The van der Waals surface area contributed by atoms with E-state index in [2.05, 4.69) is 11.9 Å². The van der Waals surface area contributed by atoms with E-state index in [-0.39, 0.29) is 10.5 Å². The Balaban J connectivity index is 2.06. The molecule has 122 valence electrons. The predicted octanol–water partition coefficient (Wildman–Crippen LogP) is 2.35. The summed E-state index contributed by atoms with van der Waals surface area (Å²) >= 11 is 0. The third kappa shape index (κ3) is 2.94. The van der Waals surface area contributed by atoms with Crippen LogP contribution in [0, 0.1) is 5.92 Å². The first kappa shape index (κ1) is 15.9. The number of carboxylic acid groups (broad SMARTS) is 1. The highest BCUT2D eigenvalue weighted by Gasteiger charge is 2.28. The lowest BCUT2D eigenvalue weighted by Gasteiger charge is -2.29. The molecule has 1 N–H and O–H groups in total. The van der Waals surface area contributed by atoms with Crippen molar-refractivity contribution in [2.75, 3.05) is 13.1 Å². The number of hydrogen-bond acceptors (Lipinski definition) is 4. The summed E-state index contributed by atoms with van der Waals surface area (Å²) in [6.45, 7) is 3.12. The summed E-state index contributed by atoms with van der Waals surface area (Å²) in [7, 11) is -3.61. The van der Waals surface area contributed by atoms with E-state index in [0.717, 1.165) is 12.8 Å². The first-order valence-electron chi connectivity index (χ1n) is 7.52. The predicted molar refractivity (Wildman–Crippen MR) is 85.9 cm³/mol. The molecule has 0 amide bonds. The molecule has 3 rings (SSSR count). The first-order valence-corrected chi connectivity index (χ1v) is 8.96. The molecular formula is C16H18N2O4S. The average molecular weight is 334 g/mol. The highest BCUT2D eigenvalue weighted by atomic mass is 32.2. The molecule has 0 unspecified atom stereocenters. The molecule has 1 aromatic carbocycles. The summed E-state index contributed by atoms with van der Waals surface area (Å²) < 4.78 is 27.0. The molecule has 0 bridgehead atoms. The molecule has 0 saturated carbocycles. The SMILES string of the molecule is CC1CCN(S(=O)(=O)c2ccc3nccc(C(=O)O)c3c2)CC1. The third-order valence-corrected chi connectivity index (χ3v) is 6.22. The Kier molecular flexibility index (Phi) is 4.08. The van der Waals surface area contributed by atoms with Crippen LogP contribution in [0.4, 0.5) is 0 Å². The van der Waals surface area contributed by atoms with Gasteiger partial charge < -0.3 is 5.11 Å². The number of nitrogens with zero attached hydrogens (tertiary/aromatic N) is 2. The Bertz CT molecular complexity index is 856. The van der Waals surface area contributed by atoms with E-state index in [9.17, 15) is 18.3 Å². The van der Waals surface area contributed by atoms with Crippen molar-refractivity contribution in [3.05, 3.63) is 36.0 Å². The number of aromatic nitrogens is 1. The van der Waals surface area contributed by atoms with E-state index < -0.39 is 16.0 Å². The molecule has 0 spiro atoms. The lowest BCUT2D eigenvalue weighted by atomic mass is 10.0. The largest absolute Gasteiger partial charge is 0.478 e. The van der Waals surface area contributed by atoms with Crippen LogP contribution in [0.25, 0.3) is 10.9 Å². The highest BCUT2D eigenvalue weighted by molar-refractivity contribution is 7.89. The first-order chi connectivity index (χ1) is 10.9. The number of rotatable bonds is 3. The Morgan fingerprint density at radius 2 is 1.96 bits per heavy atom. The van der Waals surface area contributed by atoms with E-state index in [1.165, 1.54) is 28.7 Å². The van der Waals surface area contributed by atoms with Gasteiger partial charge in [-0.3, -0.25) is 4.98 Å². The van der Waals surface area contributed by atoms with Crippen LogP contribution in [0.2, 0.25) is 0 Å². The third-order valence-electron chi connectivity index (χ3n) is 4.32. The van der Waals surface area contributed by atoms with Gasteiger partial charge in [0, 0.05) is 24.7 Å². The smallest absolute Gasteiger partial charge is 0.336 e. The number of benzene rings is 1. The number of pyridine rings is 1. The molecule has 23 heavy (non-hydrogen) atoms. The monoisotopic (exact) mass is 334 g/mol. The molecule has 1 aliphatic rings. The van der Waals surface area contributed by atoms with Crippen LogP contribution >= 0.6 is 0 Å². The van der Waals surface area contributed by atoms with Gasteiger partial charge in [-0.2, -0.15) is 4.31 Å². The minimum absolute atomic E-state index is 0.0549. The van der Waals surface area contributed by atoms with E-state index in [0.29, 0.717) is 29.9 Å². The van der Waals surface area contributed by atoms with Crippen molar-refractivity contribution in [3.63, 3.8) is 0 Å². The molecule has 7 heteroatoms. The van der Waals surface area contributed by atoms with Crippen molar-refractivity contribution in [2.45, 2.75) is 24.7 Å². The lowest BCUT2D eigenvalue weighted by molar-refractivity contribution is 0.0699. The van der Waals surface area contributed by atoms with E-state index >= 15 is 0 Å². The van der Waals surface area contributed by atoms with Crippen LogP contribution < -0.4 is 0 Å². The molecule has 0 radical (unpaired) electrons. The van der Waals surface area contributed by atoms with Gasteiger partial charge in [0.05, 0.1) is 16.0 Å². The van der Waals surface area contributed by atoms with Gasteiger partial charge in [-0.15, -0.1) is 0 Å². The number of aromatic carboxylic acids is 1. The van der Waals surface area contributed by atoms with Gasteiger partial charge in [-0.1, -0.05) is 6.92 Å². The summed E-state index contributed by atoms with van der Waals surface area (Å²) in [6.07, 6.45) is 3.09. The minimum Gasteiger partial charge on any atom is -0.478 e. The van der Waals surface area contributed by atoms with Crippen LogP contribution in [0.5, 0.6) is 0 Å². The maximum atomic E-state index is 12.8. The van der Waals surface area contributed by atoms with Crippen LogP contribution in [0.3, 0.4) is 0 Å². The second-order valence-electron chi connectivity index (χ2n) is 5.93. The van der Waals surface area contributed by atoms with Gasteiger partial charge in [-0.25, -0.2) is 13.2 Å². The zero-order valence-electron chi connectivity index (χ0n) is 12.8. The lowest BCUT2D eigenvalue weighted by Crippen LogP contribution is -2.37. The quantitative estimate of drug-likeness (QED) is 0.931. The molecule has 1 aromatic heterocycles. The molecule has 0 atom stereocenters. The second kappa shape index (κ2) is 5.90. The molecule has 0 aliphatic carbocycles. The molecule has 6 nitrogen and oxygen atoms in total. The molecule has 1 saturated heterocycles. The topological polar surface area (TPSA) is 87.6 Å². The van der Waals surface area contributed by atoms with Gasteiger partial charge in [0.2, 0.25) is 10.0 Å². The van der Waals surface area contributed by atoms with Gasteiger partial charge in [0.15, 0.2) is 0 Å². The van der Waals surface area contributed by atoms with Gasteiger partial charge >= 0.3 is 5.97 Å². The van der Waals surface area contributed by atoms with Crippen molar-refractivity contribution >= 4 is 26.9 Å². The summed E-state index contributed by atoms with van der Waals surface area (Å²) in [6, 6.07) is 5.85. The number of hydrogen-bond donors (Lipinski definition) is 1. The fraction of sp³-hybridized carbons (Fsp3) is 0.375. The molecule has 1 aliphatic heterocycles. The zero-order valence-corrected chi connectivity index (χ0v) is 13.6. The fourth-order valence-electron chi connectivity index (χ4n) is 2.85. The van der Waals surface area contributed by atoms with Crippen LogP contribution in [0.1, 0.15) is 30.1 Å². The minimum atomic E-state index is -3.61. The Hall–Kier alpha value is -1.99. The van der Waals surface area contributed by atoms with Crippen molar-refractivity contribution in [1.29, 1.82) is 0 Å². The molecule has 2 aromatic rings. The van der Waals surface area contributed by atoms with Crippen molar-refractivity contribution < 1.29 is 18.3 Å². The van der Waals surface area contributed by atoms with E-state index in [1.807, 2.05) is 0 Å². The molecular weight excluding hydrogens is 316 g/mol. The van der Waals surface area contributed by atoms with Gasteiger partial charge in [-0.05, 0) is 43.0 Å². The van der Waals surface area contributed by atoms with Crippen molar-refractivity contribution in [1.82, 2.24) is 9.29 Å². The summed E-state index contributed by atoms with van der Waals surface area (Å²) in [4.78, 5) is 15.5. The fourth-order valence-corrected chi connectivity index (χ4v) is 4.34. The van der Waals surface area contributed by atoms with Crippen molar-refractivity contribution in [3.8, 4) is 0 Å². The maximum absolute atomic E-state index is 12.8. The number of sulfonamides is 1. The van der Waals surface area contributed by atoms with Crippen LogP contribution in [-0.4, -0.2) is 41.9 Å². The Morgan fingerprint density at radius 1 is 1.26 bits per heavy atom. The van der Waals surface area contributed by atoms with Gasteiger partial charge in [0.1, 0.15) is 0 Å². The normalized spacial score (nSPS) is 17.4. The number of piperidine rings is 1. The number of fused-ring (bicyclic) bond motifs is 1. The Labute approximate surface area is 134 Å². The van der Waals surface area contributed by atoms with Crippen molar-refractivity contribution in [2.24, 2.45) is 5.92 Å². The van der Waals surface area contributed by atoms with Crippen LogP contribution in [0.15, 0.2) is 35.4 Å². The van der Waals surface area contributed by atoms with E-state index in [4.69, 9.17) is 0 Å². The number of carbonyl (C=O) groups is 1. The highest BCUT2D eigenvalue weighted by Crippen LogP contribution is 2.26. The molecule has 2 heterocycles. The van der Waals surface area contributed by atoms with Gasteiger partial charge in [0.25, 0.3) is 0 Å². The summed E-state index contributed by atoms with van der Waals surface area (Å²) in [5.41, 5.74) is 0.524. The molecule has 1 fully saturated rings. The summed E-state index contributed by atoms with van der Waals surface area (Å²) in [5.74, 6) is -0.570. The standard InChI is InChI=1S/C16H18N2O4S/c1-11-5-8-18(9-6-11)23(21,22)12-2-3-15-14(10-12)13(16(19)20)4-7-17-15/h2-4,7,10-11H,5-6,8-9H2,1H3,(H,19,20). The maximum Gasteiger partial charge on any atom is 0.336 e. The van der Waals surface area contributed by atoms with Crippen LogP contribution in [-0.2, 0) is 10.0 Å².